The highest BCUT2D eigenvalue weighted by Crippen LogP contribution is 2.47. The van der Waals surface area contributed by atoms with Gasteiger partial charge in [0.05, 0.1) is 12.2 Å². The molecule has 0 heterocycles. The maximum Gasteiger partial charge on any atom is 0.0721 e. The Hall–Kier alpha value is -0.680. The first-order chi connectivity index (χ1) is 14.3. The molecule has 0 aromatic heterocycles. The molecular weight excluding hydrogens is 372 g/mol. The second kappa shape index (κ2) is 13.0. The van der Waals surface area contributed by atoms with Crippen molar-refractivity contribution >= 4 is 0 Å². The fourth-order valence-corrected chi connectivity index (χ4v) is 5.44. The molecule has 5 atom stereocenters. The van der Waals surface area contributed by atoms with Crippen LogP contribution >= 0.6 is 0 Å². The van der Waals surface area contributed by atoms with Crippen LogP contribution in [0.5, 0.6) is 0 Å². The average Bonchev–Trinajstić information content (AvgIpc) is 3.18. The fourth-order valence-electron chi connectivity index (χ4n) is 5.44. The molecule has 0 amide bonds. The molecule has 0 aliphatic heterocycles. The number of hydrogen-bond donors (Lipinski definition) is 3. The van der Waals surface area contributed by atoms with Crippen LogP contribution in [0.25, 0.3) is 0 Å². The Kier molecular flexibility index (Phi) is 11.1. The molecule has 0 spiro atoms. The van der Waals surface area contributed by atoms with Crippen molar-refractivity contribution in [2.45, 2.75) is 104 Å². The lowest BCUT2D eigenvalue weighted by molar-refractivity contribution is 0.139. The van der Waals surface area contributed by atoms with E-state index in [-0.39, 0.29) is 18.1 Å². The van der Waals surface area contributed by atoms with Gasteiger partial charge in [0.1, 0.15) is 0 Å². The van der Waals surface area contributed by atoms with Gasteiger partial charge in [-0.05, 0) is 71.8 Å². The highest BCUT2D eigenvalue weighted by molar-refractivity contribution is 5.21. The Bertz CT molecular complexity index is 535. The van der Waals surface area contributed by atoms with Gasteiger partial charge in [-0.3, -0.25) is 4.90 Å². The molecule has 1 saturated carbocycles. The number of hydrogen-bond acceptors (Lipinski definition) is 4. The minimum Gasteiger partial charge on any atom is -0.392 e. The van der Waals surface area contributed by atoms with Crippen molar-refractivity contribution in [1.82, 2.24) is 10.2 Å². The third kappa shape index (κ3) is 7.78. The zero-order valence-electron chi connectivity index (χ0n) is 20.2. The molecule has 0 aromatic carbocycles. The molecule has 174 valence electrons. The summed E-state index contributed by atoms with van der Waals surface area (Å²) in [5.74, 6) is 1.23. The smallest absolute Gasteiger partial charge is 0.0721 e. The first kappa shape index (κ1) is 25.6. The van der Waals surface area contributed by atoms with Gasteiger partial charge in [-0.15, -0.1) is 0 Å². The Morgan fingerprint density at radius 1 is 1.17 bits per heavy atom. The van der Waals surface area contributed by atoms with E-state index in [9.17, 15) is 10.2 Å². The number of fused-ring (bicyclic) bond motifs is 1. The molecule has 0 bridgehead atoms. The van der Waals surface area contributed by atoms with Gasteiger partial charge in [0.25, 0.3) is 0 Å². The van der Waals surface area contributed by atoms with E-state index >= 15 is 0 Å². The van der Waals surface area contributed by atoms with Crippen LogP contribution < -0.4 is 5.32 Å². The van der Waals surface area contributed by atoms with Crippen LogP contribution in [0.4, 0.5) is 0 Å². The fraction of sp³-hybridized carbons (Fsp3) is 0.846. The summed E-state index contributed by atoms with van der Waals surface area (Å²) in [6.07, 6.45) is 13.2. The lowest BCUT2D eigenvalue weighted by Gasteiger charge is -2.30. The molecule has 4 nitrogen and oxygen atoms in total. The number of nitrogens with zero attached hydrogens (tertiary/aromatic N) is 1. The minimum absolute atomic E-state index is 0.197. The normalized spacial score (nSPS) is 27.6. The Morgan fingerprint density at radius 2 is 1.90 bits per heavy atom. The van der Waals surface area contributed by atoms with E-state index in [1.807, 2.05) is 6.08 Å². The standard InChI is InChI=1S/C26H48N2O2/c1-6-7-8-9-23(29)10-11-24-25-17-21(16-22(25)18-26(24)30)12-13-27-14-15-28(19(2)3)20(4)5/h10-11,16,19-20,22-27,29-30H,6-9,12-15,17-18H2,1-5H3/t22-,23-,24+,25-,26+/m0/s1. The van der Waals surface area contributed by atoms with Gasteiger partial charge in [0.15, 0.2) is 0 Å². The third-order valence-corrected chi connectivity index (χ3v) is 7.11. The zero-order valence-corrected chi connectivity index (χ0v) is 20.2. The van der Waals surface area contributed by atoms with E-state index in [0.717, 1.165) is 51.7 Å². The van der Waals surface area contributed by atoms with Crippen LogP contribution in [0, 0.1) is 17.8 Å². The summed E-state index contributed by atoms with van der Waals surface area (Å²) in [5, 5.41) is 24.3. The Morgan fingerprint density at radius 3 is 2.57 bits per heavy atom. The largest absolute Gasteiger partial charge is 0.392 e. The summed E-state index contributed by atoms with van der Waals surface area (Å²) in [6.45, 7) is 14.4. The summed E-state index contributed by atoms with van der Waals surface area (Å²) >= 11 is 0. The van der Waals surface area contributed by atoms with E-state index in [2.05, 4.69) is 57.0 Å². The second-order valence-electron chi connectivity index (χ2n) is 10.1. The van der Waals surface area contributed by atoms with Gasteiger partial charge < -0.3 is 15.5 Å². The predicted octanol–water partition coefficient (Wildman–Crippen LogP) is 4.53. The van der Waals surface area contributed by atoms with E-state index < -0.39 is 0 Å². The SMILES string of the molecule is CCCCC[C@H](O)C=C[C@@H]1[C@H]2CC(CCNCCN(C(C)C)C(C)C)=C[C@H]2C[C@H]1O. The van der Waals surface area contributed by atoms with Crippen LogP contribution in [0.15, 0.2) is 23.8 Å². The van der Waals surface area contributed by atoms with Crippen molar-refractivity contribution in [2.75, 3.05) is 19.6 Å². The lowest BCUT2D eigenvalue weighted by atomic mass is 9.88. The van der Waals surface area contributed by atoms with Crippen molar-refractivity contribution in [3.05, 3.63) is 23.8 Å². The molecule has 4 heteroatoms. The molecule has 3 N–H and O–H groups in total. The van der Waals surface area contributed by atoms with Gasteiger partial charge in [0.2, 0.25) is 0 Å². The maximum atomic E-state index is 10.5. The van der Waals surface area contributed by atoms with Crippen LogP contribution in [-0.2, 0) is 0 Å². The highest BCUT2D eigenvalue weighted by Gasteiger charge is 2.43. The number of aliphatic hydroxyl groups excluding tert-OH is 2. The lowest BCUT2D eigenvalue weighted by Crippen LogP contribution is -2.41. The minimum atomic E-state index is -0.364. The molecule has 0 aromatic rings. The Balaban J connectivity index is 1.72. The average molecular weight is 421 g/mol. The topological polar surface area (TPSA) is 55.7 Å². The molecule has 0 radical (unpaired) electrons. The second-order valence-corrected chi connectivity index (χ2v) is 10.1. The van der Waals surface area contributed by atoms with E-state index in [1.165, 1.54) is 12.8 Å². The van der Waals surface area contributed by atoms with E-state index in [1.54, 1.807) is 5.57 Å². The number of allylic oxidation sites excluding steroid dienone is 1. The molecular formula is C26H48N2O2. The van der Waals surface area contributed by atoms with Gasteiger partial charge >= 0.3 is 0 Å². The Labute approximate surface area is 185 Å². The van der Waals surface area contributed by atoms with Crippen molar-refractivity contribution in [3.63, 3.8) is 0 Å². The summed E-state index contributed by atoms with van der Waals surface area (Å²) < 4.78 is 0. The molecule has 1 fully saturated rings. The molecule has 30 heavy (non-hydrogen) atoms. The van der Waals surface area contributed by atoms with Crippen LogP contribution in [-0.4, -0.2) is 59.0 Å². The first-order valence-electron chi connectivity index (χ1n) is 12.5. The van der Waals surface area contributed by atoms with Gasteiger partial charge in [-0.2, -0.15) is 0 Å². The number of unbranched alkanes of at least 4 members (excludes halogenated alkanes) is 2. The quantitative estimate of drug-likeness (QED) is 0.286. The predicted molar refractivity (Wildman–Crippen MR) is 128 cm³/mol. The van der Waals surface area contributed by atoms with Crippen LogP contribution in [0.1, 0.15) is 79.6 Å². The van der Waals surface area contributed by atoms with Crippen molar-refractivity contribution < 1.29 is 10.2 Å². The number of rotatable bonds is 14. The molecule has 2 rings (SSSR count). The highest BCUT2D eigenvalue weighted by atomic mass is 16.3. The van der Waals surface area contributed by atoms with E-state index in [0.29, 0.717) is 23.9 Å². The molecule has 0 unspecified atom stereocenters. The zero-order chi connectivity index (χ0) is 22.1. The summed E-state index contributed by atoms with van der Waals surface area (Å²) in [5.41, 5.74) is 1.55. The molecule has 2 aliphatic rings. The first-order valence-corrected chi connectivity index (χ1v) is 12.5. The van der Waals surface area contributed by atoms with Crippen LogP contribution in [0.2, 0.25) is 0 Å². The molecule has 2 aliphatic carbocycles. The third-order valence-electron chi connectivity index (χ3n) is 7.11. The number of aliphatic hydroxyl groups is 2. The van der Waals surface area contributed by atoms with Crippen molar-refractivity contribution in [1.29, 1.82) is 0 Å². The van der Waals surface area contributed by atoms with Crippen molar-refractivity contribution in [2.24, 2.45) is 17.8 Å². The maximum absolute atomic E-state index is 10.5. The van der Waals surface area contributed by atoms with Gasteiger partial charge in [-0.25, -0.2) is 0 Å². The number of nitrogens with one attached hydrogen (secondary N) is 1. The monoisotopic (exact) mass is 420 g/mol. The van der Waals surface area contributed by atoms with Crippen molar-refractivity contribution in [3.8, 4) is 0 Å². The van der Waals surface area contributed by atoms with Gasteiger partial charge in [0, 0.05) is 31.1 Å². The van der Waals surface area contributed by atoms with Gasteiger partial charge in [-0.1, -0.05) is 50.0 Å². The summed E-state index contributed by atoms with van der Waals surface area (Å²) in [7, 11) is 0. The summed E-state index contributed by atoms with van der Waals surface area (Å²) in [6, 6.07) is 1.18. The summed E-state index contributed by atoms with van der Waals surface area (Å²) in [4.78, 5) is 2.53. The van der Waals surface area contributed by atoms with Crippen LogP contribution in [0.3, 0.4) is 0 Å². The molecule has 0 saturated heterocycles. The van der Waals surface area contributed by atoms with E-state index in [4.69, 9.17) is 0 Å².